The zero-order chi connectivity index (χ0) is 27.5. The number of piperidine rings is 1. The highest BCUT2D eigenvalue weighted by molar-refractivity contribution is 7.92. The fourth-order valence-corrected chi connectivity index (χ4v) is 6.61. The van der Waals surface area contributed by atoms with E-state index in [0.717, 1.165) is 12.8 Å². The summed E-state index contributed by atoms with van der Waals surface area (Å²) in [5.41, 5.74) is 6.07. The highest BCUT2D eigenvalue weighted by Crippen LogP contribution is 2.32. The van der Waals surface area contributed by atoms with Crippen molar-refractivity contribution < 1.29 is 26.7 Å². The third-order valence-corrected chi connectivity index (χ3v) is 9.04. The van der Waals surface area contributed by atoms with Crippen LogP contribution in [0.25, 0.3) is 0 Å². The van der Waals surface area contributed by atoms with Gasteiger partial charge in [-0.3, -0.25) is 4.79 Å². The molecular formula is C27H34F2N4O4S. The molecule has 11 heteroatoms. The second-order valence-electron chi connectivity index (χ2n) is 10.6. The van der Waals surface area contributed by atoms with Gasteiger partial charge < -0.3 is 20.7 Å². The van der Waals surface area contributed by atoms with Crippen molar-refractivity contribution in [2.45, 2.75) is 68.1 Å². The highest BCUT2D eigenvalue weighted by atomic mass is 32.2. The van der Waals surface area contributed by atoms with Gasteiger partial charge in [0.05, 0.1) is 15.7 Å². The van der Waals surface area contributed by atoms with Gasteiger partial charge in [0.2, 0.25) is 5.88 Å². The van der Waals surface area contributed by atoms with E-state index in [4.69, 9.17) is 10.5 Å². The van der Waals surface area contributed by atoms with E-state index in [2.05, 4.69) is 10.3 Å². The molecule has 0 bridgehead atoms. The number of benzene rings is 1. The number of halogens is 2. The number of hydrogen-bond donors (Lipinski definition) is 2. The van der Waals surface area contributed by atoms with Gasteiger partial charge >= 0.3 is 0 Å². The van der Waals surface area contributed by atoms with Crippen molar-refractivity contribution >= 4 is 27.2 Å². The van der Waals surface area contributed by atoms with Crippen LogP contribution in [0.3, 0.4) is 0 Å². The second-order valence-corrected chi connectivity index (χ2v) is 12.8. The van der Waals surface area contributed by atoms with Crippen molar-refractivity contribution in [2.24, 2.45) is 5.73 Å². The monoisotopic (exact) mass is 548 g/mol. The Hall–Kier alpha value is -3.05. The Morgan fingerprint density at radius 1 is 1.16 bits per heavy atom. The van der Waals surface area contributed by atoms with Gasteiger partial charge in [-0.25, -0.2) is 8.42 Å². The minimum Gasteiger partial charge on any atom is -0.476 e. The van der Waals surface area contributed by atoms with Crippen molar-refractivity contribution in [1.29, 1.82) is 0 Å². The van der Waals surface area contributed by atoms with Crippen LogP contribution in [0.4, 0.5) is 20.3 Å². The average molecular weight is 549 g/mol. The van der Waals surface area contributed by atoms with Crippen molar-refractivity contribution in [3.8, 4) is 5.88 Å². The molecule has 3 N–H and O–H groups in total. The first-order chi connectivity index (χ1) is 17.9. The number of nitrogens with zero attached hydrogens (tertiary/aromatic N) is 2. The molecule has 38 heavy (non-hydrogen) atoms. The number of pyridine rings is 1. The van der Waals surface area contributed by atoms with E-state index >= 15 is 0 Å². The Labute approximate surface area is 222 Å². The van der Waals surface area contributed by atoms with Crippen LogP contribution in [0.15, 0.2) is 52.9 Å². The van der Waals surface area contributed by atoms with Crippen molar-refractivity contribution in [2.75, 3.05) is 29.9 Å². The van der Waals surface area contributed by atoms with Gasteiger partial charge in [0.15, 0.2) is 9.84 Å². The van der Waals surface area contributed by atoms with Gasteiger partial charge in [-0.1, -0.05) is 18.9 Å². The summed E-state index contributed by atoms with van der Waals surface area (Å²) >= 11 is 0. The first kappa shape index (κ1) is 28.0. The van der Waals surface area contributed by atoms with Crippen LogP contribution in [0.5, 0.6) is 5.88 Å². The summed E-state index contributed by atoms with van der Waals surface area (Å²) in [6.45, 7) is 4.33. The Morgan fingerprint density at radius 3 is 2.47 bits per heavy atom. The molecule has 1 aliphatic heterocycles. The van der Waals surface area contributed by atoms with E-state index in [0.29, 0.717) is 24.3 Å². The Kier molecular flexibility index (Phi) is 8.37. The molecule has 1 aromatic carbocycles. The predicted molar refractivity (Wildman–Crippen MR) is 143 cm³/mol. The largest absolute Gasteiger partial charge is 0.476 e. The molecule has 2 fully saturated rings. The smallest absolute Gasteiger partial charge is 0.269 e. The van der Waals surface area contributed by atoms with Gasteiger partial charge in [-0.15, -0.1) is 0 Å². The average Bonchev–Trinajstić information content (AvgIpc) is 3.43. The Balaban J connectivity index is 1.59. The van der Waals surface area contributed by atoms with Crippen LogP contribution in [0.1, 0.15) is 62.7 Å². The quantitative estimate of drug-likeness (QED) is 0.481. The van der Waals surface area contributed by atoms with Crippen LogP contribution in [-0.2, 0) is 9.84 Å². The Morgan fingerprint density at radius 2 is 1.84 bits per heavy atom. The number of anilines is 2. The highest BCUT2D eigenvalue weighted by Gasteiger charge is 2.31. The number of hydrogen-bond acceptors (Lipinski definition) is 7. The predicted octanol–water partition coefficient (Wildman–Crippen LogP) is 4.92. The number of rotatable bonds is 8. The summed E-state index contributed by atoms with van der Waals surface area (Å²) in [5.74, 6) is 0.0762. The maximum atomic E-state index is 13.4. The molecule has 4 rings (SSSR count). The number of sulfone groups is 1. The summed E-state index contributed by atoms with van der Waals surface area (Å²) in [5, 5.41) is 2.38. The standard InChI is InChI=1S/C27H34F2N4O4S/c1-27(2,30)17-37-23-11-10-22(25(32-23)33-14-12-18(13-15-33)24(28)29)26(34)31-19-6-5-9-21(16-19)38(35,36)20-7-3-4-8-20/h5-6,9-11,16,20H,3-4,7-8,12-15,17,30H2,1-2H3,(H,31,34). The zero-order valence-corrected chi connectivity index (χ0v) is 22.5. The lowest BCUT2D eigenvalue weighted by Crippen LogP contribution is -2.39. The van der Waals surface area contributed by atoms with Crippen LogP contribution in [0.2, 0.25) is 0 Å². The number of carbonyl (C=O) groups excluding carboxylic acids is 1. The minimum atomic E-state index is -3.49. The maximum absolute atomic E-state index is 13.4. The minimum absolute atomic E-state index is 0.102. The van der Waals surface area contributed by atoms with E-state index in [1.165, 1.54) is 6.07 Å². The molecular weight excluding hydrogens is 514 g/mol. The topological polar surface area (TPSA) is 115 Å². The van der Waals surface area contributed by atoms with Crippen molar-refractivity contribution in [1.82, 2.24) is 4.98 Å². The molecule has 2 aliphatic rings. The maximum Gasteiger partial charge on any atom is 0.269 e. The number of aromatic nitrogens is 1. The van der Waals surface area contributed by atoms with Crippen LogP contribution in [-0.4, -0.2) is 49.8 Å². The number of amides is 1. The fraction of sp³-hybridized carbons (Fsp3) is 0.481. The number of carbonyl (C=O) groups is 1. The molecule has 8 nitrogen and oxygen atoms in total. The van der Waals surface area contributed by atoms with E-state index in [-0.39, 0.29) is 54.5 Å². The lowest BCUT2D eigenvalue weighted by atomic mass is 10.0. The lowest BCUT2D eigenvalue weighted by Gasteiger charge is -2.30. The molecule has 0 atom stereocenters. The molecule has 0 unspecified atom stereocenters. The normalized spacial score (nSPS) is 17.0. The van der Waals surface area contributed by atoms with Crippen LogP contribution >= 0.6 is 0 Å². The number of nitrogens with one attached hydrogen (secondary N) is 1. The fourth-order valence-electron chi connectivity index (χ4n) is 4.71. The zero-order valence-electron chi connectivity index (χ0n) is 21.7. The molecule has 1 aliphatic carbocycles. The lowest BCUT2D eigenvalue weighted by molar-refractivity contribution is 0.102. The van der Waals surface area contributed by atoms with Gasteiger partial charge in [-0.05, 0) is 69.4 Å². The summed E-state index contributed by atoms with van der Waals surface area (Å²) in [6, 6.07) is 9.37. The van der Waals surface area contributed by atoms with Crippen LogP contribution < -0.4 is 20.7 Å². The Bertz CT molecular complexity index is 1300. The van der Waals surface area contributed by atoms with Gasteiger partial charge in [-0.2, -0.15) is 13.8 Å². The second kappa shape index (κ2) is 11.4. The third kappa shape index (κ3) is 6.68. The molecule has 0 spiro atoms. The molecule has 206 valence electrons. The van der Waals surface area contributed by atoms with E-state index in [1.807, 2.05) is 0 Å². The molecule has 1 saturated heterocycles. The number of ether oxygens (including phenoxy) is 1. The van der Waals surface area contributed by atoms with Gasteiger partial charge in [0.1, 0.15) is 12.4 Å². The summed E-state index contributed by atoms with van der Waals surface area (Å²) < 4.78 is 58.0. The molecule has 2 aromatic rings. The molecule has 2 heterocycles. The van der Waals surface area contributed by atoms with Gasteiger partial charge in [0, 0.05) is 30.4 Å². The van der Waals surface area contributed by atoms with Crippen molar-refractivity contribution in [3.05, 3.63) is 53.6 Å². The molecule has 1 saturated carbocycles. The first-order valence-corrected chi connectivity index (χ1v) is 14.3. The summed E-state index contributed by atoms with van der Waals surface area (Å²) in [7, 11) is -3.49. The van der Waals surface area contributed by atoms with E-state index in [1.54, 1.807) is 49.1 Å². The molecule has 1 aromatic heterocycles. The third-order valence-electron chi connectivity index (χ3n) is 6.78. The first-order valence-electron chi connectivity index (χ1n) is 12.8. The number of nitrogens with two attached hydrogens (primary N) is 1. The van der Waals surface area contributed by atoms with E-state index in [9.17, 15) is 22.0 Å². The van der Waals surface area contributed by atoms with Crippen LogP contribution in [0, 0.1) is 0 Å². The van der Waals surface area contributed by atoms with Crippen molar-refractivity contribution in [3.63, 3.8) is 0 Å². The SMILES string of the molecule is CC(C)(N)COc1ccc(C(=O)Nc2cccc(S(=O)(=O)C3CCCC3)c2)c(N2CCC(=C(F)F)CC2)n1. The molecule has 1 amide bonds. The van der Waals surface area contributed by atoms with E-state index < -0.39 is 32.6 Å². The molecule has 0 radical (unpaired) electrons. The summed E-state index contributed by atoms with van der Waals surface area (Å²) in [6.07, 6.45) is 1.73. The summed E-state index contributed by atoms with van der Waals surface area (Å²) in [4.78, 5) is 19.9. The van der Waals surface area contributed by atoms with Gasteiger partial charge in [0.25, 0.3) is 12.0 Å².